The highest BCUT2D eigenvalue weighted by molar-refractivity contribution is 7.95. The highest BCUT2D eigenvalue weighted by Crippen LogP contribution is 2.43. The van der Waals surface area contributed by atoms with Gasteiger partial charge < -0.3 is 4.74 Å². The number of benzene rings is 4. The number of hydrogen-bond donors (Lipinski definition) is 0. The van der Waals surface area contributed by atoms with Crippen molar-refractivity contribution in [1.29, 1.82) is 0 Å². The lowest BCUT2D eigenvalue weighted by atomic mass is 10.2. The van der Waals surface area contributed by atoms with Gasteiger partial charge in [0.2, 0.25) is 0 Å². The Balaban J connectivity index is 0.000000199. The molecule has 1 heterocycles. The normalized spacial score (nSPS) is 10.7. The number of rotatable bonds is 7. The van der Waals surface area contributed by atoms with Crippen LogP contribution < -0.4 is 21.5 Å². The highest BCUT2D eigenvalue weighted by Gasteiger charge is 2.25. The minimum absolute atomic E-state index is 0.0938. The van der Waals surface area contributed by atoms with Crippen molar-refractivity contribution in [2.24, 2.45) is 0 Å². The molecule has 0 amide bonds. The standard InChI is InChI=1S/C21H19OP.C14H13FN2O3/c1-18(22)17-23(19-11-5-2-6-12-19,20-13-7-3-8-14-20)21-15-9-4-10-16-21;1-3-20-14(19)12-8-9(2)16-17(13(12)18)11-6-4-10(15)5-7-11/h2-17H,1H3;4-8H,3H2,1-2H3. The number of nitrogens with zero attached hydrogens (tertiary/aromatic N) is 2. The number of esters is 1. The third kappa shape index (κ3) is 7.32. The average Bonchev–Trinajstić information content (AvgIpc) is 3.03. The van der Waals surface area contributed by atoms with E-state index in [2.05, 4.69) is 41.5 Å². The summed E-state index contributed by atoms with van der Waals surface area (Å²) in [5.41, 5.74) is 0.173. The van der Waals surface area contributed by atoms with Gasteiger partial charge in [-0.3, -0.25) is 9.59 Å². The molecule has 0 unspecified atom stereocenters. The number of Topliss-reactive ketones (excluding diaryl/α,β-unsaturated/α-hetero) is 1. The molecule has 0 spiro atoms. The second-order valence-electron chi connectivity index (χ2n) is 9.58. The fourth-order valence-electron chi connectivity index (χ4n) is 4.66. The van der Waals surface area contributed by atoms with Crippen LogP contribution in [0.5, 0.6) is 0 Å². The summed E-state index contributed by atoms with van der Waals surface area (Å²) < 4.78 is 18.8. The molecule has 4 aromatic carbocycles. The van der Waals surface area contributed by atoms with E-state index in [0.29, 0.717) is 11.4 Å². The van der Waals surface area contributed by atoms with Crippen LogP contribution in [0, 0.1) is 12.7 Å². The van der Waals surface area contributed by atoms with Crippen LogP contribution in [0.1, 0.15) is 29.9 Å². The Hall–Kier alpha value is -4.87. The number of halogens is 1. The van der Waals surface area contributed by atoms with Crippen LogP contribution in [-0.2, 0) is 9.53 Å². The molecule has 218 valence electrons. The second-order valence-corrected chi connectivity index (χ2v) is 12.8. The molecule has 0 bridgehead atoms. The van der Waals surface area contributed by atoms with Gasteiger partial charge in [-0.15, -0.1) is 0 Å². The van der Waals surface area contributed by atoms with Crippen LogP contribution in [0.15, 0.2) is 126 Å². The molecule has 43 heavy (non-hydrogen) atoms. The van der Waals surface area contributed by atoms with Gasteiger partial charge in [-0.2, -0.15) is 9.78 Å². The van der Waals surface area contributed by atoms with Crippen molar-refractivity contribution in [3.8, 4) is 5.69 Å². The summed E-state index contributed by atoms with van der Waals surface area (Å²) in [7, 11) is 0. The predicted octanol–water partition coefficient (Wildman–Crippen LogP) is 5.23. The van der Waals surface area contributed by atoms with E-state index in [4.69, 9.17) is 4.74 Å². The number of ketones is 1. The van der Waals surface area contributed by atoms with E-state index in [1.165, 1.54) is 46.2 Å². The van der Waals surface area contributed by atoms with E-state index in [-0.39, 0.29) is 18.0 Å². The maximum atomic E-state index is 12.9. The Bertz CT molecular complexity index is 1700. The lowest BCUT2D eigenvalue weighted by molar-refractivity contribution is -0.110. The summed E-state index contributed by atoms with van der Waals surface area (Å²) in [6.07, 6.45) is 0. The number of carbonyl (C=O) groups excluding carboxylic acids is 2. The maximum Gasteiger partial charge on any atom is 0.343 e. The first kappa shape index (κ1) is 31.1. The zero-order valence-corrected chi connectivity index (χ0v) is 25.1. The molecule has 0 aliphatic rings. The molecule has 0 aliphatic carbocycles. The van der Waals surface area contributed by atoms with Crippen LogP contribution in [-0.4, -0.2) is 33.9 Å². The van der Waals surface area contributed by atoms with Crippen LogP contribution in [0.25, 0.3) is 5.69 Å². The van der Waals surface area contributed by atoms with Gasteiger partial charge in [0.15, 0.2) is 5.78 Å². The summed E-state index contributed by atoms with van der Waals surface area (Å²) in [5, 5.41) is 7.65. The van der Waals surface area contributed by atoms with Crippen LogP contribution in [0.4, 0.5) is 4.39 Å². The van der Waals surface area contributed by atoms with Crippen LogP contribution in [0.3, 0.4) is 0 Å². The highest BCUT2D eigenvalue weighted by atomic mass is 31.2. The van der Waals surface area contributed by atoms with E-state index in [1.54, 1.807) is 20.8 Å². The largest absolute Gasteiger partial charge is 0.462 e. The topological polar surface area (TPSA) is 78.3 Å². The molecule has 6 nitrogen and oxygen atoms in total. The van der Waals surface area contributed by atoms with Crippen molar-refractivity contribution in [2.75, 3.05) is 6.61 Å². The summed E-state index contributed by atoms with van der Waals surface area (Å²) in [6, 6.07) is 37.8. The van der Waals surface area contributed by atoms with Crippen molar-refractivity contribution < 1.29 is 18.7 Å². The van der Waals surface area contributed by atoms with E-state index in [0.717, 1.165) is 4.68 Å². The predicted molar refractivity (Wildman–Crippen MR) is 172 cm³/mol. The Morgan fingerprint density at radius 2 is 1.28 bits per heavy atom. The van der Waals surface area contributed by atoms with Crippen molar-refractivity contribution in [3.05, 3.63) is 149 Å². The van der Waals surface area contributed by atoms with Crippen molar-refractivity contribution in [1.82, 2.24) is 9.78 Å². The first-order valence-electron chi connectivity index (χ1n) is 13.7. The van der Waals surface area contributed by atoms with Gasteiger partial charge in [0.05, 0.1) is 18.0 Å². The van der Waals surface area contributed by atoms with E-state index in [1.807, 2.05) is 60.4 Å². The van der Waals surface area contributed by atoms with Crippen LogP contribution >= 0.6 is 6.89 Å². The molecule has 5 rings (SSSR count). The molecule has 0 aliphatic heterocycles. The molecular weight excluding hydrogens is 562 g/mol. The van der Waals surface area contributed by atoms with Gasteiger partial charge >= 0.3 is 5.97 Å². The van der Waals surface area contributed by atoms with Gasteiger partial charge in [-0.1, -0.05) is 91.0 Å². The molecule has 1 aromatic heterocycles. The number of carbonyl (C=O) groups is 2. The molecule has 0 saturated carbocycles. The van der Waals surface area contributed by atoms with Crippen LogP contribution in [0.2, 0.25) is 0 Å². The lowest BCUT2D eigenvalue weighted by Gasteiger charge is -2.28. The van der Waals surface area contributed by atoms with Gasteiger partial charge in [-0.25, -0.2) is 9.18 Å². The Kier molecular flexibility index (Phi) is 10.4. The summed E-state index contributed by atoms with van der Waals surface area (Å²) >= 11 is 0. The third-order valence-electron chi connectivity index (χ3n) is 6.47. The average molecular weight is 595 g/mol. The second kappa shape index (κ2) is 14.3. The molecule has 0 saturated heterocycles. The molecule has 5 aromatic rings. The Morgan fingerprint density at radius 1 is 0.814 bits per heavy atom. The quantitative estimate of drug-likeness (QED) is 0.191. The van der Waals surface area contributed by atoms with Gasteiger partial charge in [0.1, 0.15) is 11.4 Å². The molecule has 8 heteroatoms. The molecule has 0 atom stereocenters. The molecule has 0 fully saturated rings. The zero-order chi connectivity index (χ0) is 30.8. The monoisotopic (exact) mass is 594 g/mol. The summed E-state index contributed by atoms with van der Waals surface area (Å²) in [6.45, 7) is 3.05. The number of hydrogen-bond acceptors (Lipinski definition) is 5. The first-order chi connectivity index (χ1) is 20.8. The van der Waals surface area contributed by atoms with E-state index >= 15 is 0 Å². The van der Waals surface area contributed by atoms with E-state index < -0.39 is 24.2 Å². The number of aryl methyl sites for hydroxylation is 1. The summed E-state index contributed by atoms with van der Waals surface area (Å²) in [5.74, 6) is 0.932. The Morgan fingerprint density at radius 3 is 1.70 bits per heavy atom. The van der Waals surface area contributed by atoms with Gasteiger partial charge in [0, 0.05) is 0 Å². The minimum atomic E-state index is -2.08. The number of ether oxygens (including phenoxy) is 1. The first-order valence-corrected chi connectivity index (χ1v) is 15.6. The third-order valence-corrected chi connectivity index (χ3v) is 10.6. The van der Waals surface area contributed by atoms with Crippen molar-refractivity contribution >= 4 is 40.3 Å². The van der Waals surface area contributed by atoms with Crippen molar-refractivity contribution in [3.63, 3.8) is 0 Å². The Labute approximate surface area is 250 Å². The fraction of sp³-hybridized carbons (Fsp3) is 0.114. The molecule has 0 N–H and O–H groups in total. The summed E-state index contributed by atoms with van der Waals surface area (Å²) in [4.78, 5) is 36.1. The zero-order valence-electron chi connectivity index (χ0n) is 24.2. The van der Waals surface area contributed by atoms with Gasteiger partial charge in [-0.05, 0) is 79.7 Å². The van der Waals surface area contributed by atoms with Crippen molar-refractivity contribution in [2.45, 2.75) is 20.8 Å². The minimum Gasteiger partial charge on any atom is -0.462 e. The number of aromatic nitrogens is 2. The molecular formula is C35H32FN2O4P. The van der Waals surface area contributed by atoms with E-state index in [9.17, 15) is 18.8 Å². The lowest BCUT2D eigenvalue weighted by Crippen LogP contribution is -2.28. The SMILES string of the molecule is CC(=O)C=P(c1ccccc1)(c1ccccc1)c1ccccc1.CCOC(=O)c1cc(C)nn(-c2ccc(F)cc2)c1=O. The van der Waals surface area contributed by atoms with Gasteiger partial charge in [0.25, 0.3) is 5.56 Å². The smallest absolute Gasteiger partial charge is 0.343 e. The maximum absolute atomic E-state index is 12.9. The fourth-order valence-corrected chi connectivity index (χ4v) is 8.48. The molecule has 0 radical (unpaired) electrons.